The van der Waals surface area contributed by atoms with E-state index in [1.54, 1.807) is 30.3 Å². The van der Waals surface area contributed by atoms with Crippen molar-refractivity contribution in [1.82, 2.24) is 0 Å². The maximum Gasteiger partial charge on any atom is 0.133 e. The maximum absolute atomic E-state index is 10.4. The van der Waals surface area contributed by atoms with E-state index in [-0.39, 0.29) is 6.54 Å². The van der Waals surface area contributed by atoms with Gasteiger partial charge in [-0.1, -0.05) is 29.3 Å². The van der Waals surface area contributed by atoms with Gasteiger partial charge in [0.2, 0.25) is 0 Å². The van der Waals surface area contributed by atoms with Crippen LogP contribution in [-0.2, 0) is 0 Å². The van der Waals surface area contributed by atoms with Crippen LogP contribution in [0, 0.1) is 6.92 Å². The summed E-state index contributed by atoms with van der Waals surface area (Å²) < 4.78 is 5.44. The number of aliphatic hydroxyl groups excluding tert-OH is 1. The molecular formula is C14H15Cl2NO2. The normalized spacial score (nSPS) is 14.4. The molecule has 0 saturated carbocycles. The summed E-state index contributed by atoms with van der Waals surface area (Å²) in [5.41, 5.74) is 6.42. The van der Waals surface area contributed by atoms with Crippen molar-refractivity contribution in [3.05, 3.63) is 57.5 Å². The Labute approximate surface area is 121 Å². The summed E-state index contributed by atoms with van der Waals surface area (Å²) in [5, 5.41) is 11.4. The summed E-state index contributed by atoms with van der Waals surface area (Å²) in [4.78, 5) is 0. The molecule has 2 aromatic rings. The van der Waals surface area contributed by atoms with Gasteiger partial charge in [-0.3, -0.25) is 0 Å². The van der Waals surface area contributed by atoms with Crippen molar-refractivity contribution < 1.29 is 9.52 Å². The highest BCUT2D eigenvalue weighted by molar-refractivity contribution is 6.36. The number of halogens is 2. The van der Waals surface area contributed by atoms with Crippen molar-refractivity contribution in [2.45, 2.75) is 18.9 Å². The molecule has 3 nitrogen and oxygen atoms in total. The summed E-state index contributed by atoms with van der Waals surface area (Å²) >= 11 is 12.3. The van der Waals surface area contributed by atoms with Gasteiger partial charge in [-0.05, 0) is 36.8 Å². The van der Waals surface area contributed by atoms with Crippen LogP contribution in [0.15, 0.2) is 34.7 Å². The molecule has 19 heavy (non-hydrogen) atoms. The molecule has 0 bridgehead atoms. The topological polar surface area (TPSA) is 59.4 Å². The molecule has 2 unspecified atom stereocenters. The molecule has 1 aromatic carbocycles. The van der Waals surface area contributed by atoms with E-state index >= 15 is 0 Å². The molecule has 2 atom stereocenters. The Hall–Kier alpha value is -1.00. The van der Waals surface area contributed by atoms with Crippen LogP contribution in [0.2, 0.25) is 10.0 Å². The number of rotatable bonds is 4. The SMILES string of the molecule is Cc1ccc(C(O)C(CN)c2c(Cl)cccc2Cl)o1. The largest absolute Gasteiger partial charge is 0.464 e. The van der Waals surface area contributed by atoms with Crippen molar-refractivity contribution in [1.29, 1.82) is 0 Å². The lowest BCUT2D eigenvalue weighted by Gasteiger charge is -2.22. The standard InChI is InChI=1S/C14H15Cl2NO2/c1-8-5-6-12(19-8)14(18)9(7-17)13-10(15)3-2-4-11(13)16/h2-6,9,14,18H,7,17H2,1H3. The number of hydrogen-bond donors (Lipinski definition) is 2. The molecule has 5 heteroatoms. The molecule has 0 aliphatic heterocycles. The number of hydrogen-bond acceptors (Lipinski definition) is 3. The smallest absolute Gasteiger partial charge is 0.133 e. The molecule has 0 aliphatic carbocycles. The van der Waals surface area contributed by atoms with Gasteiger partial charge in [-0.25, -0.2) is 0 Å². The Bertz CT molecular complexity index is 548. The lowest BCUT2D eigenvalue weighted by Crippen LogP contribution is -2.20. The van der Waals surface area contributed by atoms with E-state index in [0.717, 1.165) is 5.76 Å². The van der Waals surface area contributed by atoms with E-state index in [4.69, 9.17) is 33.4 Å². The third-order valence-electron chi connectivity index (χ3n) is 3.06. The molecule has 1 aromatic heterocycles. The first-order chi connectivity index (χ1) is 9.04. The van der Waals surface area contributed by atoms with E-state index in [9.17, 15) is 5.11 Å². The molecular weight excluding hydrogens is 285 g/mol. The van der Waals surface area contributed by atoms with Crippen LogP contribution in [0.5, 0.6) is 0 Å². The van der Waals surface area contributed by atoms with Gasteiger partial charge in [0.15, 0.2) is 0 Å². The zero-order chi connectivity index (χ0) is 14.0. The average Bonchev–Trinajstić information content (AvgIpc) is 2.80. The van der Waals surface area contributed by atoms with Crippen molar-refractivity contribution in [2.75, 3.05) is 6.54 Å². The summed E-state index contributed by atoms with van der Waals surface area (Å²) in [7, 11) is 0. The molecule has 0 aliphatic rings. The number of benzene rings is 1. The molecule has 0 spiro atoms. The first-order valence-corrected chi connectivity index (χ1v) is 6.68. The minimum Gasteiger partial charge on any atom is -0.464 e. The monoisotopic (exact) mass is 299 g/mol. The van der Waals surface area contributed by atoms with E-state index in [2.05, 4.69) is 0 Å². The number of aliphatic hydroxyl groups is 1. The summed E-state index contributed by atoms with van der Waals surface area (Å²) in [5.74, 6) is 0.783. The quantitative estimate of drug-likeness (QED) is 0.905. The Morgan fingerprint density at radius 1 is 1.21 bits per heavy atom. The maximum atomic E-state index is 10.4. The minimum absolute atomic E-state index is 0.213. The Kier molecular flexibility index (Phi) is 4.53. The summed E-state index contributed by atoms with van der Waals surface area (Å²) in [6, 6.07) is 8.73. The number of aryl methyl sites for hydroxylation is 1. The van der Waals surface area contributed by atoms with Crippen LogP contribution in [0.4, 0.5) is 0 Å². The zero-order valence-corrected chi connectivity index (χ0v) is 11.9. The van der Waals surface area contributed by atoms with E-state index in [0.29, 0.717) is 21.4 Å². The second-order valence-electron chi connectivity index (χ2n) is 4.37. The van der Waals surface area contributed by atoms with Gasteiger partial charge < -0.3 is 15.3 Å². The molecule has 0 radical (unpaired) electrons. The van der Waals surface area contributed by atoms with Crippen LogP contribution >= 0.6 is 23.2 Å². The van der Waals surface area contributed by atoms with Crippen LogP contribution in [0.1, 0.15) is 29.1 Å². The third-order valence-corrected chi connectivity index (χ3v) is 3.72. The van der Waals surface area contributed by atoms with Gasteiger partial charge in [0.1, 0.15) is 17.6 Å². The van der Waals surface area contributed by atoms with Gasteiger partial charge in [0.25, 0.3) is 0 Å². The summed E-state index contributed by atoms with van der Waals surface area (Å²) in [6.07, 6.45) is -0.879. The molecule has 0 saturated heterocycles. The first kappa shape index (κ1) is 14.4. The molecule has 2 rings (SSSR count). The van der Waals surface area contributed by atoms with Gasteiger partial charge in [0, 0.05) is 22.5 Å². The van der Waals surface area contributed by atoms with Gasteiger partial charge in [0.05, 0.1) is 0 Å². The summed E-state index contributed by atoms with van der Waals surface area (Å²) in [6.45, 7) is 2.03. The Balaban J connectivity index is 2.39. The van der Waals surface area contributed by atoms with Crippen LogP contribution < -0.4 is 5.73 Å². The van der Waals surface area contributed by atoms with Crippen LogP contribution in [-0.4, -0.2) is 11.7 Å². The van der Waals surface area contributed by atoms with Crippen molar-refractivity contribution in [3.63, 3.8) is 0 Å². The highest BCUT2D eigenvalue weighted by Gasteiger charge is 2.27. The lowest BCUT2D eigenvalue weighted by molar-refractivity contribution is 0.121. The molecule has 1 heterocycles. The zero-order valence-electron chi connectivity index (χ0n) is 10.4. The van der Waals surface area contributed by atoms with E-state index in [1.165, 1.54) is 0 Å². The van der Waals surface area contributed by atoms with Crippen LogP contribution in [0.3, 0.4) is 0 Å². The third kappa shape index (κ3) is 2.95. The molecule has 102 valence electrons. The fourth-order valence-electron chi connectivity index (χ4n) is 2.08. The van der Waals surface area contributed by atoms with E-state index < -0.39 is 12.0 Å². The van der Waals surface area contributed by atoms with Gasteiger partial charge in [-0.2, -0.15) is 0 Å². The van der Waals surface area contributed by atoms with Crippen molar-refractivity contribution >= 4 is 23.2 Å². The predicted octanol–water partition coefficient (Wildman–Crippen LogP) is 3.67. The highest BCUT2D eigenvalue weighted by atomic mass is 35.5. The Morgan fingerprint density at radius 2 is 1.84 bits per heavy atom. The molecule has 0 fully saturated rings. The van der Waals surface area contributed by atoms with Gasteiger partial charge >= 0.3 is 0 Å². The Morgan fingerprint density at radius 3 is 2.32 bits per heavy atom. The fourth-order valence-corrected chi connectivity index (χ4v) is 2.76. The second-order valence-corrected chi connectivity index (χ2v) is 5.19. The van der Waals surface area contributed by atoms with Crippen molar-refractivity contribution in [2.24, 2.45) is 5.73 Å². The second kappa shape index (κ2) is 5.97. The molecule has 3 N–H and O–H groups in total. The van der Waals surface area contributed by atoms with Crippen LogP contribution in [0.25, 0.3) is 0 Å². The number of nitrogens with two attached hydrogens (primary N) is 1. The van der Waals surface area contributed by atoms with Gasteiger partial charge in [-0.15, -0.1) is 0 Å². The minimum atomic E-state index is -0.879. The van der Waals surface area contributed by atoms with E-state index in [1.807, 2.05) is 6.92 Å². The average molecular weight is 300 g/mol. The molecule has 0 amide bonds. The number of furan rings is 1. The fraction of sp³-hybridized carbons (Fsp3) is 0.286. The predicted molar refractivity (Wildman–Crippen MR) is 76.7 cm³/mol. The van der Waals surface area contributed by atoms with Crippen molar-refractivity contribution in [3.8, 4) is 0 Å². The lowest BCUT2D eigenvalue weighted by atomic mass is 9.92. The first-order valence-electron chi connectivity index (χ1n) is 5.93. The highest BCUT2D eigenvalue weighted by Crippen LogP contribution is 2.38.